The van der Waals surface area contributed by atoms with Crippen molar-refractivity contribution in [3.05, 3.63) is 158 Å². The van der Waals surface area contributed by atoms with Gasteiger partial charge < -0.3 is 54.4 Å². The number of allylic oxidation sites excluding steroid dienone is 3. The van der Waals surface area contributed by atoms with Gasteiger partial charge in [-0.1, -0.05) is 57.4 Å². The van der Waals surface area contributed by atoms with Gasteiger partial charge in [0.2, 0.25) is 5.91 Å². The van der Waals surface area contributed by atoms with Gasteiger partial charge in [-0.2, -0.15) is 10.5 Å². The molecule has 562 valence electrons. The fourth-order valence-corrected chi connectivity index (χ4v) is 17.5. The Balaban J connectivity index is 0.000000122. The molecule has 0 spiro atoms. The molecule has 5 unspecified atom stereocenters. The summed E-state index contributed by atoms with van der Waals surface area (Å²) >= 11 is 0. The summed E-state index contributed by atoms with van der Waals surface area (Å²) in [7, 11) is 0. The molecule has 4 aliphatic heterocycles. The lowest BCUT2D eigenvalue weighted by molar-refractivity contribution is -0.126. The number of nitrogens with two attached hydrogens (primary N) is 3. The maximum Gasteiger partial charge on any atom is 0.285 e. The van der Waals surface area contributed by atoms with Gasteiger partial charge in [-0.15, -0.1) is 0 Å². The van der Waals surface area contributed by atoms with Gasteiger partial charge in [0.05, 0.1) is 17.2 Å². The summed E-state index contributed by atoms with van der Waals surface area (Å²) in [6.07, 6.45) is 30.5. The van der Waals surface area contributed by atoms with E-state index in [-0.39, 0.29) is 98.7 Å². The van der Waals surface area contributed by atoms with E-state index < -0.39 is 34.4 Å². The summed E-state index contributed by atoms with van der Waals surface area (Å²) in [5.41, 5.74) is 15.5. The monoisotopic (exact) mass is 1480 g/mol. The normalized spacial score (nSPS) is 23.9. The van der Waals surface area contributed by atoms with Crippen LogP contribution >= 0.6 is 0 Å². The van der Waals surface area contributed by atoms with E-state index in [1.807, 2.05) is 33.2 Å². The first-order chi connectivity index (χ1) is 52.4. The average molecular weight is 1480 g/mol. The van der Waals surface area contributed by atoms with Crippen molar-refractivity contribution in [2.45, 2.75) is 166 Å². The number of pyridine rings is 3. The number of nitrogen functional groups attached to an aromatic ring is 3. The van der Waals surface area contributed by atoms with Crippen molar-refractivity contribution in [3.8, 4) is 12.4 Å². The fourth-order valence-electron chi connectivity index (χ4n) is 17.5. The number of nitrogens with zero attached hydrogens (tertiary/aromatic N) is 15. The van der Waals surface area contributed by atoms with Gasteiger partial charge in [-0.05, 0) is 140 Å². The number of carbonyl (C=O) groups excluding carboxylic acids is 6. The highest BCUT2D eigenvalue weighted by Crippen LogP contribution is 2.52. The molecule has 7 aromatic heterocycles. The second-order valence-electron chi connectivity index (χ2n) is 29.8. The van der Waals surface area contributed by atoms with Crippen LogP contribution in [0.1, 0.15) is 175 Å². The van der Waals surface area contributed by atoms with E-state index >= 15 is 0 Å². The summed E-state index contributed by atoms with van der Waals surface area (Å²) in [6.45, 7) is 7.54. The lowest BCUT2D eigenvalue weighted by Gasteiger charge is -2.40. The zero-order valence-corrected chi connectivity index (χ0v) is 60.5. The summed E-state index contributed by atoms with van der Waals surface area (Å²) < 4.78 is 4.64. The van der Waals surface area contributed by atoms with Crippen molar-refractivity contribution in [2.24, 2.45) is 35.5 Å². The van der Waals surface area contributed by atoms with Crippen LogP contribution < -0.4 is 71.1 Å². The van der Waals surface area contributed by atoms with E-state index in [0.29, 0.717) is 68.9 Å². The number of anilines is 11. The lowest BCUT2D eigenvalue weighted by atomic mass is 9.70. The van der Waals surface area contributed by atoms with E-state index in [4.69, 9.17) is 17.2 Å². The number of amides is 5. The predicted molar refractivity (Wildman–Crippen MR) is 399 cm³/mol. The maximum atomic E-state index is 13.3. The van der Waals surface area contributed by atoms with Crippen molar-refractivity contribution in [1.29, 1.82) is 10.5 Å². The smallest absolute Gasteiger partial charge is 0.285 e. The largest absolute Gasteiger partial charge is 0.384 e. The Kier molecular flexibility index (Phi) is 19.6. The Bertz CT molecular complexity index is 5210. The number of nitrogens with one attached hydrogen (secondary N) is 7. The minimum atomic E-state index is -1.00. The molecule has 10 aliphatic rings. The van der Waals surface area contributed by atoms with Crippen LogP contribution in [0.2, 0.25) is 0 Å². The van der Waals surface area contributed by atoms with Gasteiger partial charge in [-0.25, -0.2) is 49.7 Å². The highest BCUT2D eigenvalue weighted by molar-refractivity contribution is 6.14. The third-order valence-electron chi connectivity index (χ3n) is 23.3. The molecule has 34 heteroatoms. The molecule has 6 fully saturated rings. The van der Waals surface area contributed by atoms with E-state index in [2.05, 4.69) is 77.1 Å². The topological polar surface area (TPSA) is 488 Å². The van der Waals surface area contributed by atoms with Crippen molar-refractivity contribution in [1.82, 2.24) is 74.0 Å². The summed E-state index contributed by atoms with van der Waals surface area (Å²) in [5.74, 6) is 1.42. The second-order valence-corrected chi connectivity index (χ2v) is 29.8. The third-order valence-corrected chi connectivity index (χ3v) is 23.3. The number of likely N-dealkylation sites (tertiary alicyclic amines) is 1. The maximum absolute atomic E-state index is 13.3. The van der Waals surface area contributed by atoms with Gasteiger partial charge in [-0.3, -0.25) is 56.9 Å². The van der Waals surface area contributed by atoms with E-state index in [9.17, 15) is 53.7 Å². The SMILES string of the molecule is CC1(C2CCCC2)C2C(=O)C(Nc3cc(N)ncn3)=CC=C2C(=O)N1C#N.CC1(C2CCCC2)N(C#N)C(=O)c2ccc(Nc3cc(N)ncn3)c(=O)n21.CC1(C2CCCC2)NC(=O)c2ccc(Nc3cc(N)ncn3)c(=O)n21.CC1(C2CCCC2)NC(=O)c2ccc(Nc3cc(NC(=O)C4CC4)ncn3)c(=O)n21. The predicted octanol–water partition coefficient (Wildman–Crippen LogP) is 7.42. The Morgan fingerprint density at radius 1 is 0.459 bits per heavy atom. The highest BCUT2D eigenvalue weighted by Gasteiger charge is 2.61. The molecule has 5 saturated carbocycles. The first-order valence-corrected chi connectivity index (χ1v) is 36.7. The van der Waals surface area contributed by atoms with Gasteiger partial charge in [0.15, 0.2) is 18.2 Å². The van der Waals surface area contributed by atoms with E-state index in [1.165, 1.54) is 53.0 Å². The minimum Gasteiger partial charge on any atom is -0.384 e. The number of ketones is 1. The molecule has 7 aromatic rings. The molecule has 11 heterocycles. The molecule has 34 nitrogen and oxygen atoms in total. The average Bonchev–Trinajstić information content (AvgIpc) is 1.58. The molecule has 17 rings (SSSR count). The van der Waals surface area contributed by atoms with Crippen LogP contribution in [0.5, 0.6) is 0 Å². The number of hydrogen-bond donors (Lipinski definition) is 10. The molecule has 1 saturated heterocycles. The molecule has 109 heavy (non-hydrogen) atoms. The molecular weight excluding hydrogens is 1390 g/mol. The Labute approximate surface area is 624 Å². The van der Waals surface area contributed by atoms with Crippen LogP contribution in [-0.4, -0.2) is 104 Å². The zero-order valence-electron chi connectivity index (χ0n) is 60.5. The molecular formula is C75H83N25O9. The number of nitriles is 2. The Morgan fingerprint density at radius 2 is 0.853 bits per heavy atom. The number of carbonyl (C=O) groups is 6. The fraction of sp³-hybridized carbons (Fsp3) is 0.427. The van der Waals surface area contributed by atoms with E-state index in [0.717, 1.165) is 120 Å². The molecule has 6 aliphatic carbocycles. The van der Waals surface area contributed by atoms with Crippen molar-refractivity contribution >= 4 is 98.9 Å². The third kappa shape index (κ3) is 13.4. The molecule has 5 amide bonds. The number of rotatable bonds is 14. The molecule has 0 radical (unpaired) electrons. The standard InChI is InChI=1S/C21H24N6O3.C19H20N6O2.C18H19N7O2.C17H20N6O2/c1-21(13-4-2-3-5-13)26-19(29)15-9-8-14(20(30)27(15)21)24-16-10-17(23-11-22-16)25-18(28)12-6-7-12;1-19(11-4-2-3-5-11)16-12(18(27)25(19)9-20)6-7-13(17(16)26)24-15-8-14(21)22-10-23-15;1-18(11-4-2-3-5-11)24(9-19)17(27)13-7-6-12(16(26)25(13)18)23-15-8-14(20)21-10-22-15;1-17(10-4-2-3-5-10)22-15(24)12-7-6-11(16(25)23(12)17)21-14-8-13(18)19-9-20-14/h8-13H,2-7H2,1H3,(H,26,29)(H2,22,23,24,25,28);6-8,10-11,16H,2-5H2,1H3,(H3,21,22,23,24);6-8,10-11H,2-5H2,1H3,(H3,20,21,22,23);6-10H,2-5H2,1H3,(H,22,24)(H3,18,19,20,21). The van der Waals surface area contributed by atoms with Crippen LogP contribution in [0.4, 0.5) is 63.6 Å². The Morgan fingerprint density at radius 3 is 1.29 bits per heavy atom. The van der Waals surface area contributed by atoms with Crippen molar-refractivity contribution in [3.63, 3.8) is 0 Å². The zero-order chi connectivity index (χ0) is 76.8. The van der Waals surface area contributed by atoms with Gasteiger partial charge >= 0.3 is 0 Å². The number of fused-ring (bicyclic) bond motifs is 4. The van der Waals surface area contributed by atoms with Crippen LogP contribution in [0.15, 0.2) is 124 Å². The summed E-state index contributed by atoms with van der Waals surface area (Å²) in [6, 6.07) is 15.8. The quantitative estimate of drug-likeness (QED) is 0.0473. The number of Topliss-reactive ketones (excluding diaryl/α,β-unsaturated/α-hetero) is 1. The first-order valence-electron chi connectivity index (χ1n) is 36.7. The second kappa shape index (κ2) is 29.2. The molecule has 0 bridgehead atoms. The number of aromatic nitrogens is 11. The lowest BCUT2D eigenvalue weighted by Crippen LogP contribution is -2.52. The first kappa shape index (κ1) is 73.2. The van der Waals surface area contributed by atoms with Gasteiger partial charge in [0.1, 0.15) is 123 Å². The highest BCUT2D eigenvalue weighted by atomic mass is 16.2. The van der Waals surface area contributed by atoms with Crippen LogP contribution in [0.3, 0.4) is 0 Å². The van der Waals surface area contributed by atoms with Crippen LogP contribution in [0.25, 0.3) is 0 Å². The summed E-state index contributed by atoms with van der Waals surface area (Å²) in [4.78, 5) is 150. The summed E-state index contributed by atoms with van der Waals surface area (Å²) in [5, 5.41) is 40.1. The Hall–Kier alpha value is -12.8. The van der Waals surface area contributed by atoms with Crippen molar-refractivity contribution in [2.75, 3.05) is 43.8 Å². The minimum absolute atomic E-state index is 0.0463. The molecule has 5 atom stereocenters. The number of hydrogen-bond acceptors (Lipinski definition) is 26. The van der Waals surface area contributed by atoms with Crippen LogP contribution in [-0.2, 0) is 31.4 Å². The van der Waals surface area contributed by atoms with Gasteiger partial charge in [0.25, 0.3) is 40.3 Å². The van der Waals surface area contributed by atoms with Crippen molar-refractivity contribution < 1.29 is 28.8 Å². The molecule has 0 aromatic carbocycles. The van der Waals surface area contributed by atoms with Gasteiger partial charge in [0, 0.05) is 53.5 Å². The molecule has 13 N–H and O–H groups in total. The van der Waals surface area contributed by atoms with E-state index in [1.54, 1.807) is 70.7 Å². The van der Waals surface area contributed by atoms with Crippen LogP contribution in [0, 0.1) is 58.4 Å².